The van der Waals surface area contributed by atoms with Crippen molar-refractivity contribution in [2.24, 2.45) is 28.6 Å². The second-order valence-corrected chi connectivity index (χ2v) is 19.2. The molecular formula is C47H55F2N3O14. The van der Waals surface area contributed by atoms with E-state index in [1.54, 1.807) is 37.2 Å². The predicted octanol–water partition coefficient (Wildman–Crippen LogP) is 4.57. The minimum Gasteiger partial charge on any atom is -0.492 e. The number of ketones is 2. The van der Waals surface area contributed by atoms with Gasteiger partial charge in [0.25, 0.3) is 0 Å². The van der Waals surface area contributed by atoms with E-state index in [0.717, 1.165) is 18.9 Å². The number of halogens is 2. The normalized spacial score (nSPS) is 32.5. The summed E-state index contributed by atoms with van der Waals surface area (Å²) in [5, 5.41) is 33.2. The molecule has 3 unspecified atom stereocenters. The molecule has 1 aromatic carbocycles. The second kappa shape index (κ2) is 16.9. The quantitative estimate of drug-likeness (QED) is 0.196. The minimum atomic E-state index is -2.15. The number of carboxylic acids is 1. The van der Waals surface area contributed by atoms with Crippen molar-refractivity contribution in [3.8, 4) is 5.75 Å². The molecular weight excluding hydrogens is 869 g/mol. The molecule has 3 N–H and O–H groups in total. The Bertz CT molecular complexity index is 2540. The van der Waals surface area contributed by atoms with Crippen LogP contribution in [0.2, 0.25) is 0 Å². The van der Waals surface area contributed by atoms with Crippen molar-refractivity contribution < 1.29 is 71.8 Å². The fraction of sp³-hybridized carbons (Fsp3) is 0.596. The molecule has 2 heterocycles. The summed E-state index contributed by atoms with van der Waals surface area (Å²) in [5.41, 5.74) is -7.11. The first-order valence-electron chi connectivity index (χ1n) is 22.4. The molecule has 1 aliphatic heterocycles. The van der Waals surface area contributed by atoms with Crippen molar-refractivity contribution in [2.45, 2.75) is 109 Å². The van der Waals surface area contributed by atoms with Crippen LogP contribution in [0.5, 0.6) is 5.75 Å². The first kappa shape index (κ1) is 46.8. The number of Topliss-reactive ketones (excluding diaryl/α,β-unsaturated/α-hetero) is 1. The molecule has 0 radical (unpaired) electrons. The number of aliphatic hydroxyl groups is 2. The Balaban J connectivity index is 0.815. The lowest BCUT2D eigenvalue weighted by molar-refractivity contribution is -0.220. The number of hydrogen-bond donors (Lipinski definition) is 3. The van der Waals surface area contributed by atoms with Gasteiger partial charge < -0.3 is 48.6 Å². The number of aromatic nitrogens is 1. The van der Waals surface area contributed by atoms with Gasteiger partial charge in [0.05, 0.1) is 37.0 Å². The monoisotopic (exact) mass is 923 g/mol. The minimum absolute atomic E-state index is 0.0482. The van der Waals surface area contributed by atoms with Crippen LogP contribution in [0.3, 0.4) is 0 Å². The Hall–Kier alpha value is -5.69. The van der Waals surface area contributed by atoms with Gasteiger partial charge in [-0.3, -0.25) is 24.0 Å². The number of fused-ring (bicyclic) bond motifs is 6. The number of allylic oxidation sites excluding steroid dienone is 4. The number of rotatable bonds is 12. The molecule has 9 atom stereocenters. The highest BCUT2D eigenvalue weighted by molar-refractivity contribution is 6.01. The Morgan fingerprint density at radius 3 is 2.32 bits per heavy atom. The predicted molar refractivity (Wildman–Crippen MR) is 229 cm³/mol. The van der Waals surface area contributed by atoms with Gasteiger partial charge in [-0.15, -0.1) is 0 Å². The highest BCUT2D eigenvalue weighted by atomic mass is 19.1. The zero-order chi connectivity index (χ0) is 47.8. The van der Waals surface area contributed by atoms with E-state index in [1.165, 1.54) is 36.4 Å². The molecule has 356 valence electrons. The van der Waals surface area contributed by atoms with Crippen molar-refractivity contribution in [1.29, 1.82) is 0 Å². The van der Waals surface area contributed by atoms with Gasteiger partial charge in [0.1, 0.15) is 16.9 Å². The first-order valence-corrected chi connectivity index (χ1v) is 22.4. The summed E-state index contributed by atoms with van der Waals surface area (Å²) >= 11 is 0. The maximum absolute atomic E-state index is 17.5. The highest BCUT2D eigenvalue weighted by Crippen LogP contribution is 2.70. The molecule has 6 aliphatic rings. The number of esters is 2. The number of carbonyl (C=O) groups excluding carboxylic acids is 5. The number of benzene rings is 1. The average Bonchev–Trinajstić information content (AvgIpc) is 4.09. The smallest absolute Gasteiger partial charge is 0.413 e. The van der Waals surface area contributed by atoms with E-state index in [4.69, 9.17) is 18.9 Å². The first-order chi connectivity index (χ1) is 31.1. The molecule has 1 saturated heterocycles. The third-order valence-electron chi connectivity index (χ3n) is 15.7. The summed E-state index contributed by atoms with van der Waals surface area (Å²) in [6.45, 7) is 5.38. The topological polar surface area (TPSA) is 229 Å². The van der Waals surface area contributed by atoms with Crippen molar-refractivity contribution in [1.82, 2.24) is 9.47 Å². The molecule has 5 fully saturated rings. The number of hydrogen-bond acceptors (Lipinski definition) is 14. The number of carbonyl (C=O) groups is 6. The van der Waals surface area contributed by atoms with Gasteiger partial charge in [-0.25, -0.2) is 18.4 Å². The number of pyridine rings is 1. The van der Waals surface area contributed by atoms with Crippen LogP contribution in [0.4, 0.5) is 19.3 Å². The number of alkyl halides is 1. The van der Waals surface area contributed by atoms with Gasteiger partial charge >= 0.3 is 24.0 Å². The molecule has 0 spiro atoms. The molecule has 2 aromatic rings. The van der Waals surface area contributed by atoms with E-state index in [2.05, 4.69) is 0 Å². The number of carboxylic acid groups (broad SMARTS) is 1. The average molecular weight is 924 g/mol. The van der Waals surface area contributed by atoms with Crippen LogP contribution in [-0.4, -0.2) is 124 Å². The zero-order valence-electron chi connectivity index (χ0n) is 37.5. The van der Waals surface area contributed by atoms with Crippen LogP contribution in [-0.2, 0) is 33.4 Å². The van der Waals surface area contributed by atoms with E-state index in [9.17, 15) is 48.9 Å². The lowest BCUT2D eigenvalue weighted by Crippen LogP contribution is -2.69. The molecule has 17 nitrogen and oxygen atoms in total. The third kappa shape index (κ3) is 7.27. The van der Waals surface area contributed by atoms with Crippen LogP contribution in [0.25, 0.3) is 10.9 Å². The van der Waals surface area contributed by atoms with E-state index in [0.29, 0.717) is 18.4 Å². The SMILES string of the molecule is COc1c(N2CCN(C(=O)OCOC(=O)CCC(=O)OCC(=O)[C@@]3(O)[C@H](C)CC4C5CCC6=CC(=O)C=C[C@]6(C)[C@@]5(F)[C@@H](O)C[C@@]43C)C(C)C2)c(F)cc2c(=O)c(C(=O)O)cn(C3CC3)c12. The number of piperazine rings is 1. The van der Waals surface area contributed by atoms with Crippen LogP contribution in [0.1, 0.15) is 95.5 Å². The number of aromatic carboxylic acids is 1. The van der Waals surface area contributed by atoms with Crippen molar-refractivity contribution >= 4 is 52.2 Å². The fourth-order valence-corrected chi connectivity index (χ4v) is 12.1. The van der Waals surface area contributed by atoms with Gasteiger partial charge in [0, 0.05) is 54.7 Å². The van der Waals surface area contributed by atoms with Crippen molar-refractivity contribution in [3.05, 3.63) is 57.7 Å². The Morgan fingerprint density at radius 2 is 1.67 bits per heavy atom. The summed E-state index contributed by atoms with van der Waals surface area (Å²) < 4.78 is 56.0. The number of amides is 1. The Kier molecular flexibility index (Phi) is 12.0. The highest BCUT2D eigenvalue weighted by Gasteiger charge is 2.75. The molecule has 66 heavy (non-hydrogen) atoms. The lowest BCUT2D eigenvalue weighted by Gasteiger charge is -2.62. The molecule has 19 heteroatoms. The molecule has 8 rings (SSSR count). The third-order valence-corrected chi connectivity index (χ3v) is 15.7. The van der Waals surface area contributed by atoms with Crippen molar-refractivity contribution in [2.75, 3.05) is 45.0 Å². The van der Waals surface area contributed by atoms with Crippen molar-refractivity contribution in [3.63, 3.8) is 0 Å². The zero-order valence-corrected chi connectivity index (χ0v) is 37.5. The van der Waals surface area contributed by atoms with Crippen LogP contribution >= 0.6 is 0 Å². The summed E-state index contributed by atoms with van der Waals surface area (Å²) in [7, 11) is 1.33. The molecule has 1 amide bonds. The van der Waals surface area contributed by atoms with E-state index in [-0.39, 0.29) is 66.6 Å². The van der Waals surface area contributed by atoms with Gasteiger partial charge in [0.15, 0.2) is 29.6 Å². The second-order valence-electron chi connectivity index (χ2n) is 19.2. The maximum atomic E-state index is 17.5. The largest absolute Gasteiger partial charge is 0.492 e. The number of aliphatic hydroxyl groups excluding tert-OH is 1. The summed E-state index contributed by atoms with van der Waals surface area (Å²) in [6, 6.07) is 0.374. The molecule has 1 aromatic heterocycles. The number of nitrogens with zero attached hydrogens (tertiary/aromatic N) is 3. The van der Waals surface area contributed by atoms with Gasteiger partial charge in [0.2, 0.25) is 18.0 Å². The van der Waals surface area contributed by atoms with Crippen LogP contribution in [0, 0.1) is 34.4 Å². The molecule has 5 aliphatic carbocycles. The Labute approximate surface area is 378 Å². The van der Waals surface area contributed by atoms with Gasteiger partial charge in [-0.1, -0.05) is 25.5 Å². The van der Waals surface area contributed by atoms with E-state index < -0.39 is 125 Å². The molecule has 0 bridgehead atoms. The van der Waals surface area contributed by atoms with Crippen LogP contribution in [0.15, 0.2) is 40.9 Å². The number of ether oxygens (including phenoxy) is 4. The number of methoxy groups -OCH3 is 1. The Morgan fingerprint density at radius 1 is 0.970 bits per heavy atom. The van der Waals surface area contributed by atoms with E-state index >= 15 is 8.78 Å². The standard InChI is InChI=1S/C47H55F2N3O14/c1-24-16-32-31-9-6-26-17-28(53)12-13-44(26,3)46(31,49)34(54)19-45(32,4)47(24,62)35(55)22-64-36(56)10-11-37(57)65-23-66-43(61)51-15-14-50(20-25(51)2)39-33(48)18-29-38(41(39)63-5)52(27-7-8-27)21-30(40(29)58)42(59)60/h12-13,17-18,21,24-25,27,31-32,34,54,62H,6-11,14-16,19-20,22-23H2,1-5H3,(H,59,60)/t24-,25?,31?,32?,34+,44+,45+,46+,47+/m1/s1. The fourth-order valence-electron chi connectivity index (χ4n) is 12.1. The summed E-state index contributed by atoms with van der Waals surface area (Å²) in [6.07, 6.45) is 4.39. The number of anilines is 1. The van der Waals surface area contributed by atoms with E-state index in [1.807, 2.05) is 0 Å². The maximum Gasteiger partial charge on any atom is 0.413 e. The van der Waals surface area contributed by atoms with Gasteiger partial charge in [-0.2, -0.15) is 0 Å². The lowest BCUT2D eigenvalue weighted by atomic mass is 9.44. The van der Waals surface area contributed by atoms with Crippen LogP contribution < -0.4 is 15.1 Å². The summed E-state index contributed by atoms with van der Waals surface area (Å²) in [5.74, 6) is -6.99. The molecule has 4 saturated carbocycles. The summed E-state index contributed by atoms with van der Waals surface area (Å²) in [4.78, 5) is 92.2. The van der Waals surface area contributed by atoms with Gasteiger partial charge in [-0.05, 0) is 82.4 Å².